The number of aromatic hydroxyl groups is 1. The maximum Gasteiger partial charge on any atom is 0.169 e. The summed E-state index contributed by atoms with van der Waals surface area (Å²) in [4.78, 5) is 12.3. The van der Waals surface area contributed by atoms with Crippen LogP contribution in [0.1, 0.15) is 28.4 Å². The highest BCUT2D eigenvalue weighted by atomic mass is 16.5. The summed E-state index contributed by atoms with van der Waals surface area (Å²) in [5.41, 5.74) is 1.01. The Morgan fingerprint density at radius 3 is 2.20 bits per heavy atom. The summed E-state index contributed by atoms with van der Waals surface area (Å²) in [6.45, 7) is 0. The maximum absolute atomic E-state index is 12.3. The first-order chi connectivity index (χ1) is 12.1. The number of hydrogen-bond donors (Lipinski definition) is 2. The number of carbonyl (C=O) groups is 1. The van der Waals surface area contributed by atoms with Gasteiger partial charge in [-0.2, -0.15) is 0 Å². The van der Waals surface area contributed by atoms with E-state index >= 15 is 0 Å². The van der Waals surface area contributed by atoms with Crippen LogP contribution < -0.4 is 4.74 Å². The van der Waals surface area contributed by atoms with Crippen LogP contribution in [-0.2, 0) is 0 Å². The average molecular weight is 334 g/mol. The molecule has 0 aromatic heterocycles. The van der Waals surface area contributed by atoms with Crippen LogP contribution >= 0.6 is 0 Å². The highest BCUT2D eigenvalue weighted by Crippen LogP contribution is 2.32. The van der Waals surface area contributed by atoms with Gasteiger partial charge in [0.15, 0.2) is 17.3 Å². The Labute approximate surface area is 146 Å². The van der Waals surface area contributed by atoms with E-state index in [1.807, 2.05) is 36.4 Å². The number of Topliss-reactive ketones (excluding diaryl/α,β-unsaturated/α-hetero) is 1. The Morgan fingerprint density at radius 2 is 1.56 bits per heavy atom. The minimum absolute atomic E-state index is 0.0532. The fourth-order valence-electron chi connectivity index (χ4n) is 2.48. The molecule has 1 unspecified atom stereocenters. The third kappa shape index (κ3) is 4.25. The predicted molar refractivity (Wildman–Crippen MR) is 95.0 cm³/mol. The van der Waals surface area contributed by atoms with Gasteiger partial charge in [-0.1, -0.05) is 48.5 Å². The van der Waals surface area contributed by atoms with E-state index in [0.717, 1.165) is 0 Å². The van der Waals surface area contributed by atoms with Crippen molar-refractivity contribution in [2.75, 3.05) is 0 Å². The molecular formula is C21H18O4. The summed E-state index contributed by atoms with van der Waals surface area (Å²) < 4.78 is 5.58. The van der Waals surface area contributed by atoms with Crippen molar-refractivity contribution in [2.24, 2.45) is 0 Å². The minimum atomic E-state index is -0.879. The normalized spacial score (nSPS) is 11.7. The number of aliphatic hydroxyl groups is 1. The van der Waals surface area contributed by atoms with Crippen LogP contribution in [0.4, 0.5) is 0 Å². The summed E-state index contributed by atoms with van der Waals surface area (Å²) in [5.74, 6) is 0.490. The monoisotopic (exact) mass is 334 g/mol. The Balaban J connectivity index is 1.70. The standard InChI is InChI=1S/C21H18O4/c22-18(15-7-3-1-4-8-15)14-19(23)16-11-12-21(20(24)13-16)25-17-9-5-2-6-10-17/h1-13,18,22,24H,14H2. The quantitative estimate of drug-likeness (QED) is 0.652. The second-order valence-corrected chi connectivity index (χ2v) is 5.65. The van der Waals surface area contributed by atoms with Crippen molar-refractivity contribution in [3.8, 4) is 17.2 Å². The number of aliphatic hydroxyl groups excluding tert-OH is 1. The highest BCUT2D eigenvalue weighted by molar-refractivity contribution is 5.97. The predicted octanol–water partition coefficient (Wildman–Crippen LogP) is 4.49. The van der Waals surface area contributed by atoms with E-state index in [1.165, 1.54) is 6.07 Å². The Kier molecular flexibility index (Phi) is 5.11. The smallest absolute Gasteiger partial charge is 0.169 e. The third-order valence-electron chi connectivity index (χ3n) is 3.82. The van der Waals surface area contributed by atoms with Gasteiger partial charge in [0.2, 0.25) is 0 Å². The average Bonchev–Trinajstić information content (AvgIpc) is 2.65. The van der Waals surface area contributed by atoms with E-state index in [4.69, 9.17) is 4.74 Å². The molecule has 25 heavy (non-hydrogen) atoms. The van der Waals surface area contributed by atoms with E-state index in [-0.39, 0.29) is 23.7 Å². The van der Waals surface area contributed by atoms with Crippen LogP contribution in [0, 0.1) is 0 Å². The molecule has 0 amide bonds. The molecule has 1 atom stereocenters. The SMILES string of the molecule is O=C(CC(O)c1ccccc1)c1ccc(Oc2ccccc2)c(O)c1. The summed E-state index contributed by atoms with van der Waals surface area (Å²) in [5, 5.41) is 20.3. The van der Waals surface area contributed by atoms with E-state index < -0.39 is 6.10 Å². The van der Waals surface area contributed by atoms with Crippen molar-refractivity contribution in [1.82, 2.24) is 0 Å². The molecule has 3 aromatic carbocycles. The molecule has 126 valence electrons. The molecule has 0 aliphatic carbocycles. The molecule has 0 aliphatic heterocycles. The second kappa shape index (κ2) is 7.64. The van der Waals surface area contributed by atoms with Gasteiger partial charge < -0.3 is 14.9 Å². The zero-order valence-electron chi connectivity index (χ0n) is 13.5. The second-order valence-electron chi connectivity index (χ2n) is 5.65. The number of ketones is 1. The van der Waals surface area contributed by atoms with Crippen LogP contribution in [0.25, 0.3) is 0 Å². The van der Waals surface area contributed by atoms with Gasteiger partial charge in [0, 0.05) is 12.0 Å². The molecule has 0 radical (unpaired) electrons. The number of benzene rings is 3. The van der Waals surface area contributed by atoms with Crippen LogP contribution in [-0.4, -0.2) is 16.0 Å². The molecule has 0 aliphatic rings. The number of phenols is 1. The highest BCUT2D eigenvalue weighted by Gasteiger charge is 2.16. The number of rotatable bonds is 6. The maximum atomic E-state index is 12.3. The Morgan fingerprint density at radius 1 is 0.920 bits per heavy atom. The van der Waals surface area contributed by atoms with Gasteiger partial charge in [0.05, 0.1) is 6.10 Å². The lowest BCUT2D eigenvalue weighted by Gasteiger charge is -2.11. The van der Waals surface area contributed by atoms with Crippen molar-refractivity contribution < 1.29 is 19.7 Å². The summed E-state index contributed by atoms with van der Waals surface area (Å²) in [7, 11) is 0. The van der Waals surface area contributed by atoms with Gasteiger partial charge in [0.25, 0.3) is 0 Å². The lowest BCUT2D eigenvalue weighted by molar-refractivity contribution is 0.0879. The zero-order valence-corrected chi connectivity index (χ0v) is 13.5. The Hall–Kier alpha value is -3.11. The summed E-state index contributed by atoms with van der Waals surface area (Å²) in [6, 6.07) is 22.6. The molecule has 0 heterocycles. The van der Waals surface area contributed by atoms with Crippen LogP contribution in [0.2, 0.25) is 0 Å². The van der Waals surface area contributed by atoms with Crippen molar-refractivity contribution in [2.45, 2.75) is 12.5 Å². The molecule has 4 nitrogen and oxygen atoms in total. The van der Waals surface area contributed by atoms with Gasteiger partial charge in [0.1, 0.15) is 5.75 Å². The van der Waals surface area contributed by atoms with E-state index in [9.17, 15) is 15.0 Å². The third-order valence-corrected chi connectivity index (χ3v) is 3.82. The minimum Gasteiger partial charge on any atom is -0.504 e. The first-order valence-corrected chi connectivity index (χ1v) is 7.95. The lowest BCUT2D eigenvalue weighted by Crippen LogP contribution is -2.07. The first-order valence-electron chi connectivity index (χ1n) is 7.95. The van der Waals surface area contributed by atoms with Gasteiger partial charge in [-0.3, -0.25) is 4.79 Å². The molecule has 2 N–H and O–H groups in total. The number of ether oxygens (including phenoxy) is 1. The number of carbonyl (C=O) groups excluding carboxylic acids is 1. The van der Waals surface area contributed by atoms with Gasteiger partial charge in [-0.15, -0.1) is 0 Å². The molecule has 0 saturated carbocycles. The number of phenolic OH excluding ortho intramolecular Hbond substituents is 1. The topological polar surface area (TPSA) is 66.8 Å². The van der Waals surface area contributed by atoms with Gasteiger partial charge in [-0.05, 0) is 35.9 Å². The molecule has 4 heteroatoms. The molecule has 0 saturated heterocycles. The Bertz CT molecular complexity index is 844. The van der Waals surface area contributed by atoms with Crippen molar-refractivity contribution in [1.29, 1.82) is 0 Å². The molecule has 3 rings (SSSR count). The fraction of sp³-hybridized carbons (Fsp3) is 0.0952. The number of hydrogen-bond acceptors (Lipinski definition) is 4. The lowest BCUT2D eigenvalue weighted by atomic mass is 10.00. The van der Waals surface area contributed by atoms with E-state index in [1.54, 1.807) is 36.4 Å². The van der Waals surface area contributed by atoms with Crippen molar-refractivity contribution >= 4 is 5.78 Å². The van der Waals surface area contributed by atoms with Gasteiger partial charge >= 0.3 is 0 Å². The summed E-state index contributed by atoms with van der Waals surface area (Å²) in [6.07, 6.45) is -0.932. The largest absolute Gasteiger partial charge is 0.504 e. The molecule has 3 aromatic rings. The van der Waals surface area contributed by atoms with E-state index in [0.29, 0.717) is 16.9 Å². The van der Waals surface area contributed by atoms with Gasteiger partial charge in [-0.25, -0.2) is 0 Å². The van der Waals surface area contributed by atoms with Crippen LogP contribution in [0.3, 0.4) is 0 Å². The molecule has 0 spiro atoms. The molecular weight excluding hydrogens is 316 g/mol. The number of para-hydroxylation sites is 1. The van der Waals surface area contributed by atoms with Crippen molar-refractivity contribution in [3.05, 3.63) is 90.0 Å². The zero-order chi connectivity index (χ0) is 17.6. The summed E-state index contributed by atoms with van der Waals surface area (Å²) >= 11 is 0. The van der Waals surface area contributed by atoms with Crippen LogP contribution in [0.15, 0.2) is 78.9 Å². The van der Waals surface area contributed by atoms with E-state index in [2.05, 4.69) is 0 Å². The van der Waals surface area contributed by atoms with Crippen molar-refractivity contribution in [3.63, 3.8) is 0 Å². The first kappa shape index (κ1) is 16.7. The fourth-order valence-corrected chi connectivity index (χ4v) is 2.48. The molecule has 0 bridgehead atoms. The molecule has 0 fully saturated rings. The van der Waals surface area contributed by atoms with Crippen LogP contribution in [0.5, 0.6) is 17.2 Å².